The second-order valence-electron chi connectivity index (χ2n) is 12.5. The number of furan rings is 1. The van der Waals surface area contributed by atoms with Crippen LogP contribution in [0.2, 0.25) is 0 Å². The maximum Gasteiger partial charge on any atom is 0.158 e. The van der Waals surface area contributed by atoms with Crippen molar-refractivity contribution >= 4 is 65.6 Å². The molecule has 0 aliphatic heterocycles. The molecule has 2 heteroatoms. The zero-order valence-electron chi connectivity index (χ0n) is 24.6. The number of hydrogen-bond donors (Lipinski definition) is 1. The van der Waals surface area contributed by atoms with Gasteiger partial charge in [0.25, 0.3) is 0 Å². The summed E-state index contributed by atoms with van der Waals surface area (Å²) in [5, 5.41) is 13.7. The monoisotopic (exact) mass is 567 g/mol. The standard InChI is InChI=1S/C42H33NO/c1-2-10-28(11-3-1)38-26-34-13-6-7-14-36(34)40-37-15-8-16-39(41(37)44-42(38)40)43-35-22-21-32-24-31(19-20-33(32)25-35)30-18-17-27-9-4-5-12-29(27)23-30/h4-9,12-26,28,43H,1-3,10-11H2. The summed E-state index contributed by atoms with van der Waals surface area (Å²) < 4.78 is 6.87. The fourth-order valence-corrected chi connectivity index (χ4v) is 7.52. The van der Waals surface area contributed by atoms with E-state index < -0.39 is 0 Å². The molecule has 1 aromatic heterocycles. The first-order valence-electron chi connectivity index (χ1n) is 16.0. The Morgan fingerprint density at radius 3 is 2.00 bits per heavy atom. The van der Waals surface area contributed by atoms with E-state index in [2.05, 4.69) is 133 Å². The van der Waals surface area contributed by atoms with Crippen molar-refractivity contribution in [3.05, 3.63) is 133 Å². The van der Waals surface area contributed by atoms with Gasteiger partial charge in [-0.15, -0.1) is 0 Å². The van der Waals surface area contributed by atoms with Gasteiger partial charge in [-0.2, -0.15) is 0 Å². The molecule has 1 N–H and O–H groups in total. The highest BCUT2D eigenvalue weighted by molar-refractivity contribution is 6.21. The number of fused-ring (bicyclic) bond motifs is 7. The van der Waals surface area contributed by atoms with Gasteiger partial charge in [0.1, 0.15) is 5.58 Å². The van der Waals surface area contributed by atoms with Crippen LogP contribution in [0.1, 0.15) is 43.6 Å². The SMILES string of the molecule is c1ccc2cc(-c3ccc4cc(Nc5cccc6c5oc5c(C7CCCCC7)cc7ccccc7c56)ccc4c3)ccc2c1. The largest absolute Gasteiger partial charge is 0.454 e. The molecule has 1 aliphatic carbocycles. The molecular formula is C42H33NO. The third kappa shape index (κ3) is 4.25. The van der Waals surface area contributed by atoms with Gasteiger partial charge < -0.3 is 9.73 Å². The lowest BCUT2D eigenvalue weighted by molar-refractivity contribution is 0.442. The number of hydrogen-bond acceptors (Lipinski definition) is 2. The van der Waals surface area contributed by atoms with Crippen LogP contribution in [0, 0.1) is 0 Å². The fraction of sp³-hybridized carbons (Fsp3) is 0.143. The van der Waals surface area contributed by atoms with Gasteiger partial charge in [-0.05, 0) is 104 Å². The van der Waals surface area contributed by atoms with Crippen molar-refractivity contribution in [3.8, 4) is 11.1 Å². The van der Waals surface area contributed by atoms with E-state index in [1.54, 1.807) is 0 Å². The van der Waals surface area contributed by atoms with Crippen LogP contribution in [0.5, 0.6) is 0 Å². The third-order valence-electron chi connectivity index (χ3n) is 9.77. The average Bonchev–Trinajstić information content (AvgIpc) is 3.49. The third-order valence-corrected chi connectivity index (χ3v) is 9.77. The molecular weight excluding hydrogens is 534 g/mol. The smallest absolute Gasteiger partial charge is 0.158 e. The van der Waals surface area contributed by atoms with E-state index in [1.165, 1.54) is 91.9 Å². The van der Waals surface area contributed by atoms with E-state index >= 15 is 0 Å². The van der Waals surface area contributed by atoms with Crippen LogP contribution in [-0.4, -0.2) is 0 Å². The second-order valence-corrected chi connectivity index (χ2v) is 12.5. The summed E-state index contributed by atoms with van der Waals surface area (Å²) in [6, 6.07) is 46.3. The van der Waals surface area contributed by atoms with Crippen molar-refractivity contribution in [1.82, 2.24) is 0 Å². The predicted octanol–water partition coefficient (Wildman–Crippen LogP) is 12.5. The number of nitrogens with one attached hydrogen (secondary N) is 1. The molecule has 0 saturated heterocycles. The molecule has 1 saturated carbocycles. The molecule has 0 spiro atoms. The summed E-state index contributed by atoms with van der Waals surface area (Å²) in [6.45, 7) is 0. The summed E-state index contributed by atoms with van der Waals surface area (Å²) in [5.41, 5.74) is 7.92. The van der Waals surface area contributed by atoms with Crippen LogP contribution in [0.25, 0.3) is 65.4 Å². The summed E-state index contributed by atoms with van der Waals surface area (Å²) in [7, 11) is 0. The Bertz CT molecular complexity index is 2360. The molecule has 9 rings (SSSR count). The molecule has 0 radical (unpaired) electrons. The summed E-state index contributed by atoms with van der Waals surface area (Å²) in [6.07, 6.45) is 6.44. The summed E-state index contributed by atoms with van der Waals surface area (Å²) in [5.74, 6) is 0.563. The van der Waals surface area contributed by atoms with Gasteiger partial charge >= 0.3 is 0 Å². The van der Waals surface area contributed by atoms with E-state index in [0.29, 0.717) is 5.92 Å². The van der Waals surface area contributed by atoms with Crippen LogP contribution < -0.4 is 5.32 Å². The molecule has 1 fully saturated rings. The summed E-state index contributed by atoms with van der Waals surface area (Å²) >= 11 is 0. The van der Waals surface area contributed by atoms with Crippen molar-refractivity contribution in [2.75, 3.05) is 5.32 Å². The number of benzene rings is 7. The maximum absolute atomic E-state index is 6.87. The normalized spacial score (nSPS) is 14.3. The van der Waals surface area contributed by atoms with Gasteiger partial charge in [0.15, 0.2) is 5.58 Å². The van der Waals surface area contributed by atoms with Gasteiger partial charge in [-0.1, -0.05) is 110 Å². The van der Waals surface area contributed by atoms with Crippen LogP contribution in [-0.2, 0) is 0 Å². The van der Waals surface area contributed by atoms with E-state index in [4.69, 9.17) is 4.42 Å². The molecule has 8 aromatic rings. The van der Waals surface area contributed by atoms with Crippen molar-refractivity contribution in [3.63, 3.8) is 0 Å². The lowest BCUT2D eigenvalue weighted by Gasteiger charge is -2.22. The van der Waals surface area contributed by atoms with Crippen molar-refractivity contribution in [1.29, 1.82) is 0 Å². The molecule has 44 heavy (non-hydrogen) atoms. The Hall–Kier alpha value is -5.08. The molecule has 0 unspecified atom stereocenters. The molecule has 0 atom stereocenters. The van der Waals surface area contributed by atoms with Gasteiger partial charge in [-0.3, -0.25) is 0 Å². The molecule has 212 valence electrons. The number of rotatable bonds is 4. The number of anilines is 2. The number of para-hydroxylation sites is 1. The molecule has 7 aromatic carbocycles. The zero-order chi connectivity index (χ0) is 29.0. The maximum atomic E-state index is 6.87. The van der Waals surface area contributed by atoms with Gasteiger partial charge in [-0.25, -0.2) is 0 Å². The predicted molar refractivity (Wildman–Crippen MR) is 187 cm³/mol. The van der Waals surface area contributed by atoms with Gasteiger partial charge in [0.05, 0.1) is 5.69 Å². The van der Waals surface area contributed by atoms with Crippen LogP contribution in [0.3, 0.4) is 0 Å². The van der Waals surface area contributed by atoms with E-state index in [0.717, 1.165) is 22.5 Å². The minimum atomic E-state index is 0.563. The molecule has 1 aliphatic rings. The Labute approximate surface area is 256 Å². The molecule has 0 bridgehead atoms. The van der Waals surface area contributed by atoms with Crippen molar-refractivity contribution < 1.29 is 4.42 Å². The first-order chi connectivity index (χ1) is 21.8. The highest BCUT2D eigenvalue weighted by atomic mass is 16.3. The minimum Gasteiger partial charge on any atom is -0.454 e. The van der Waals surface area contributed by atoms with Crippen LogP contribution in [0.4, 0.5) is 11.4 Å². The first-order valence-corrected chi connectivity index (χ1v) is 16.0. The van der Waals surface area contributed by atoms with E-state index in [-0.39, 0.29) is 0 Å². The lowest BCUT2D eigenvalue weighted by atomic mass is 9.82. The Morgan fingerprint density at radius 2 is 1.16 bits per heavy atom. The highest BCUT2D eigenvalue weighted by Crippen LogP contribution is 2.45. The topological polar surface area (TPSA) is 25.2 Å². The molecule has 1 heterocycles. The fourth-order valence-electron chi connectivity index (χ4n) is 7.52. The van der Waals surface area contributed by atoms with Crippen LogP contribution in [0.15, 0.2) is 132 Å². The second kappa shape index (κ2) is 10.3. The van der Waals surface area contributed by atoms with Gasteiger partial charge in [0.2, 0.25) is 0 Å². The highest BCUT2D eigenvalue weighted by Gasteiger charge is 2.23. The zero-order valence-corrected chi connectivity index (χ0v) is 24.6. The van der Waals surface area contributed by atoms with E-state index in [9.17, 15) is 0 Å². The van der Waals surface area contributed by atoms with Gasteiger partial charge in [0, 0.05) is 16.5 Å². The Morgan fingerprint density at radius 1 is 0.500 bits per heavy atom. The summed E-state index contributed by atoms with van der Waals surface area (Å²) in [4.78, 5) is 0. The molecule has 0 amide bonds. The quantitative estimate of drug-likeness (QED) is 0.229. The van der Waals surface area contributed by atoms with Crippen molar-refractivity contribution in [2.45, 2.75) is 38.0 Å². The minimum absolute atomic E-state index is 0.563. The Kier molecular flexibility index (Phi) is 5.94. The van der Waals surface area contributed by atoms with Crippen molar-refractivity contribution in [2.24, 2.45) is 0 Å². The Balaban J connectivity index is 1.11. The molecule has 2 nitrogen and oxygen atoms in total. The van der Waals surface area contributed by atoms with Crippen LogP contribution >= 0.6 is 0 Å². The lowest BCUT2D eigenvalue weighted by Crippen LogP contribution is -2.04. The first kappa shape index (κ1) is 25.4. The average molecular weight is 568 g/mol. The van der Waals surface area contributed by atoms with E-state index in [1.807, 2.05) is 0 Å².